The fraction of sp³-hybridized carbons (Fsp3) is 0.146. The molecule has 9 aromatic heterocycles. The van der Waals surface area contributed by atoms with Crippen LogP contribution in [0.25, 0.3) is 102 Å². The van der Waals surface area contributed by atoms with E-state index < -0.39 is 0 Å². The van der Waals surface area contributed by atoms with Gasteiger partial charge in [-0.15, -0.1) is 0 Å². The van der Waals surface area contributed by atoms with Crippen molar-refractivity contribution in [3.63, 3.8) is 0 Å². The Morgan fingerprint density at radius 3 is 1.21 bits per heavy atom. The molecule has 0 amide bonds. The Hall–Kier alpha value is -13.9. The Kier molecular flexibility index (Phi) is 17.7. The average Bonchev–Trinajstić information content (AvgIpc) is 1.61. The Morgan fingerprint density at radius 1 is 0.348 bits per heavy atom. The lowest BCUT2D eigenvalue weighted by Crippen LogP contribution is -2.26. The highest BCUT2D eigenvalue weighted by Crippen LogP contribution is 2.43. The third kappa shape index (κ3) is 13.4. The van der Waals surface area contributed by atoms with Gasteiger partial charge < -0.3 is 29.3 Å². The predicted molar refractivity (Wildman–Crippen MR) is 445 cm³/mol. The van der Waals surface area contributed by atoms with E-state index in [4.69, 9.17) is 34.4 Å². The van der Waals surface area contributed by atoms with Crippen LogP contribution < -0.4 is 22.8 Å². The Labute approximate surface area is 650 Å². The van der Waals surface area contributed by atoms with Crippen LogP contribution >= 0.6 is 0 Å². The third-order valence-electron chi connectivity index (χ3n) is 21.9. The van der Waals surface area contributed by atoms with Gasteiger partial charge in [0, 0.05) is 171 Å². The average molecular weight is 1460 g/mol. The monoisotopic (exact) mass is 1460 g/mol. The lowest BCUT2D eigenvalue weighted by molar-refractivity contribution is -0.671. The highest BCUT2D eigenvalue weighted by Gasteiger charge is 2.31. The first-order valence-corrected chi connectivity index (χ1v) is 38.4. The lowest BCUT2D eigenvalue weighted by Gasteiger charge is -2.22. The molecule has 19 rings (SSSR count). The number of aliphatic imine (C=N–C) groups is 3. The van der Waals surface area contributed by atoms with Crippen LogP contribution in [-0.4, -0.2) is 67.2 Å². The largest absolute Gasteiger partial charge is 0.493 e. The van der Waals surface area contributed by atoms with E-state index >= 15 is 0 Å². The molecule has 10 aliphatic rings. The van der Waals surface area contributed by atoms with E-state index in [1.807, 2.05) is 42.3 Å². The van der Waals surface area contributed by atoms with E-state index in [2.05, 4.69) is 323 Å². The molecule has 9 aromatic rings. The number of fused-ring (bicyclic) bond motifs is 13. The smallest absolute Gasteiger partial charge is 0.169 e. The lowest BCUT2D eigenvalue weighted by atomic mass is 9.93. The zero-order valence-electron chi connectivity index (χ0n) is 63.5. The van der Waals surface area contributed by atoms with Crippen LogP contribution in [0.1, 0.15) is 89.4 Å². The van der Waals surface area contributed by atoms with Gasteiger partial charge in [-0.25, -0.2) is 47.8 Å². The van der Waals surface area contributed by atoms with Crippen LogP contribution in [0.3, 0.4) is 0 Å². The highest BCUT2D eigenvalue weighted by molar-refractivity contribution is 6.34. The minimum Gasteiger partial charge on any atom is -0.493 e. The molecule has 3 aliphatic carbocycles. The number of hydrogen-bond donors (Lipinski definition) is 3. The van der Waals surface area contributed by atoms with Gasteiger partial charge in [0.2, 0.25) is 0 Å². The molecular formula is C96H83N14O2+5. The van der Waals surface area contributed by atoms with E-state index in [1.165, 1.54) is 0 Å². The molecule has 0 saturated carbocycles. The molecule has 16 bridgehead atoms. The van der Waals surface area contributed by atoms with Gasteiger partial charge in [0.05, 0.1) is 68.5 Å². The van der Waals surface area contributed by atoms with Crippen molar-refractivity contribution >= 4 is 85.8 Å². The molecule has 16 heterocycles. The Morgan fingerprint density at radius 2 is 0.723 bits per heavy atom. The first-order valence-electron chi connectivity index (χ1n) is 38.4. The summed E-state index contributed by atoms with van der Waals surface area (Å²) < 4.78 is 24.4. The van der Waals surface area contributed by atoms with Crippen molar-refractivity contribution in [2.45, 2.75) is 38.5 Å². The van der Waals surface area contributed by atoms with Crippen LogP contribution in [0, 0.1) is 0 Å². The number of H-pyrrole nitrogens is 3. The summed E-state index contributed by atoms with van der Waals surface area (Å²) in [7, 11) is 12.3. The van der Waals surface area contributed by atoms with Gasteiger partial charge in [-0.3, -0.25) is 0 Å². The van der Waals surface area contributed by atoms with Gasteiger partial charge in [0.15, 0.2) is 62.0 Å². The van der Waals surface area contributed by atoms with Crippen molar-refractivity contribution in [2.75, 3.05) is 20.3 Å². The van der Waals surface area contributed by atoms with E-state index in [9.17, 15) is 0 Å². The number of hydrogen-bond acceptors (Lipinski definition) is 8. The highest BCUT2D eigenvalue weighted by atomic mass is 16.5. The molecule has 544 valence electrons. The van der Waals surface area contributed by atoms with Crippen LogP contribution in [0.15, 0.2) is 328 Å². The summed E-state index contributed by atoms with van der Waals surface area (Å²) in [6.07, 6.45) is 69.4. The summed E-state index contributed by atoms with van der Waals surface area (Å²) in [6, 6.07) is 34.7. The van der Waals surface area contributed by atoms with Crippen molar-refractivity contribution in [1.29, 1.82) is 0 Å². The number of allylic oxidation sites excluding steroid dienone is 22. The number of aryl methyl sites for hydroxylation is 5. The Balaban J connectivity index is 0.656. The third-order valence-corrected chi connectivity index (χ3v) is 21.9. The number of nitrogens with one attached hydrogen (secondary N) is 3. The van der Waals surface area contributed by atoms with Crippen molar-refractivity contribution in [1.82, 2.24) is 29.8 Å². The van der Waals surface area contributed by atoms with Crippen molar-refractivity contribution in [2.24, 2.45) is 50.2 Å². The van der Waals surface area contributed by atoms with Gasteiger partial charge in [0.25, 0.3) is 0 Å². The summed E-state index contributed by atoms with van der Waals surface area (Å²) >= 11 is 0. The van der Waals surface area contributed by atoms with E-state index in [1.54, 1.807) is 0 Å². The van der Waals surface area contributed by atoms with Crippen LogP contribution in [0.2, 0.25) is 0 Å². The summed E-state index contributed by atoms with van der Waals surface area (Å²) in [4.78, 5) is 41.8. The summed E-state index contributed by atoms with van der Waals surface area (Å²) in [5.74, 6) is 1.81. The Bertz CT molecular complexity index is 6200. The summed E-state index contributed by atoms with van der Waals surface area (Å²) in [5.41, 5.74) is 32.4. The van der Waals surface area contributed by atoms with Crippen LogP contribution in [0.5, 0.6) is 0 Å². The van der Waals surface area contributed by atoms with Gasteiger partial charge in [-0.1, -0.05) is 24.3 Å². The van der Waals surface area contributed by atoms with Crippen LogP contribution in [-0.2, 0) is 44.7 Å². The molecule has 0 spiro atoms. The molecule has 16 nitrogen and oxygen atoms in total. The molecule has 0 radical (unpaired) electrons. The normalized spacial score (nSPS) is 16.9. The number of rotatable bonds is 13. The molecule has 16 heteroatoms. The fourth-order valence-corrected chi connectivity index (χ4v) is 16.1. The van der Waals surface area contributed by atoms with Gasteiger partial charge in [-0.2, -0.15) is 0 Å². The second-order valence-corrected chi connectivity index (χ2v) is 29.7. The molecule has 7 aliphatic heterocycles. The van der Waals surface area contributed by atoms with E-state index in [0.717, 1.165) is 241 Å². The predicted octanol–water partition coefficient (Wildman–Crippen LogP) is 16.3. The van der Waals surface area contributed by atoms with Crippen molar-refractivity contribution in [3.8, 4) is 33.4 Å². The maximum atomic E-state index is 7.04. The number of ether oxygens (including phenoxy) is 2. The number of nitrogens with zero attached hydrogens (tertiary/aromatic N) is 11. The molecule has 3 N–H and O–H groups in total. The second-order valence-electron chi connectivity index (χ2n) is 29.7. The minimum absolute atomic E-state index is 0.397. The quantitative estimate of drug-likeness (QED) is 0.0982. The van der Waals surface area contributed by atoms with E-state index in [-0.39, 0.29) is 0 Å². The van der Waals surface area contributed by atoms with Crippen molar-refractivity contribution < 1.29 is 32.3 Å². The maximum absolute atomic E-state index is 7.04. The molecule has 0 fully saturated rings. The van der Waals surface area contributed by atoms with E-state index in [0.29, 0.717) is 13.2 Å². The standard InChI is InChI=1S/C96H82N14O2/c1-105-45-33-61(34-46-105)89-73-17-21-77(97-73)91(63-37-49-107(3)50-38-63)81-25-29-85(101-81)95(86-30-26-82(102-86)92(78-22-18-74(89)98-78)64-39-51-108(4)52-40-64)67-13-9-15-71(57-67)111-59-69-11-7-8-12-70(69)60-112-72-16-10-14-68(58-72)96-87-31-27-83(103-87)93(65-41-53-109(5)54-42-65)79-23-19-75(99-79)90(62-35-47-106(2)48-36-62)76-20-24-80(100-76)94(84-28-32-88(96)104-84)66-43-55-110(6)56-44-66/h11-14,17-58H,7-10,15-16,59-60H2,1-6H3,(H2,97,98,99,100,101,102,103,104)/q+4/p+1. The second kappa shape index (κ2) is 28.9. The molecule has 0 aromatic carbocycles. The number of aromatic nitrogens is 10. The first-order chi connectivity index (χ1) is 54.9. The molecule has 112 heavy (non-hydrogen) atoms. The topological polar surface area (TPSA) is 151 Å². The summed E-state index contributed by atoms with van der Waals surface area (Å²) in [6.45, 7) is 0.795. The molecule has 0 atom stereocenters. The molecule has 0 unspecified atom stereocenters. The van der Waals surface area contributed by atoms with Crippen molar-refractivity contribution in [3.05, 3.63) is 364 Å². The van der Waals surface area contributed by atoms with Gasteiger partial charge in [0.1, 0.15) is 48.5 Å². The minimum atomic E-state index is 0.397. The SMILES string of the molecule is CN1C=CC(=C2C3=NC(=C(C4=CCCC(OCC5=CCCC=C5COC5=CC(c6c7nc(c(-c8cc[n+](C)cc8)c8ccc([nH]8)c(-c8cc[n+](C)cc8)c8ccc([nH]8)c(-c8cc[n+](C)cc8)c8nc6C=C8)C=C7)=CCC5)=C4)C4=NC(=C(c5cc[n+](C)cc5)C5=NC(=C(c6cc[n+](C)cc6)c6ccc2[nH]6)C=C5)C=C4)C=C3)C=C1. The number of aromatic amines is 3. The van der Waals surface area contributed by atoms with Crippen LogP contribution in [0.4, 0.5) is 0 Å². The fourth-order valence-electron chi connectivity index (χ4n) is 16.1. The molecular weight excluding hydrogens is 1380 g/mol. The zero-order valence-corrected chi connectivity index (χ0v) is 63.5. The number of pyridine rings is 5. The molecule has 0 saturated heterocycles. The maximum Gasteiger partial charge on any atom is 0.169 e. The first kappa shape index (κ1) is 68.7. The van der Waals surface area contributed by atoms with Gasteiger partial charge >= 0.3 is 0 Å². The zero-order chi connectivity index (χ0) is 75.5. The van der Waals surface area contributed by atoms with Gasteiger partial charge in [-0.05, 0) is 203 Å². The summed E-state index contributed by atoms with van der Waals surface area (Å²) in [5, 5.41) is 0.